The standard InChI is InChI=1S/C13H21N3O2/c1-8(2)13(4,12(17)18)7-11-15-14-9(3)16(11)10-5-6-10/h8,10H,5-7H2,1-4H3,(H,17,18). The van der Waals surface area contributed by atoms with Crippen LogP contribution in [0, 0.1) is 18.3 Å². The second-order valence-electron chi connectivity index (χ2n) is 5.82. The van der Waals surface area contributed by atoms with Crippen molar-refractivity contribution in [1.29, 1.82) is 0 Å². The van der Waals surface area contributed by atoms with E-state index in [1.165, 1.54) is 0 Å². The molecule has 0 radical (unpaired) electrons. The van der Waals surface area contributed by atoms with Crippen molar-refractivity contribution in [2.24, 2.45) is 11.3 Å². The number of hydrogen-bond acceptors (Lipinski definition) is 3. The summed E-state index contributed by atoms with van der Waals surface area (Å²) in [6.07, 6.45) is 2.74. The van der Waals surface area contributed by atoms with Crippen LogP contribution in [0.3, 0.4) is 0 Å². The quantitative estimate of drug-likeness (QED) is 0.871. The van der Waals surface area contributed by atoms with Gasteiger partial charge >= 0.3 is 5.97 Å². The van der Waals surface area contributed by atoms with Gasteiger partial charge in [-0.25, -0.2) is 0 Å². The number of aliphatic carboxylic acids is 1. The van der Waals surface area contributed by atoms with E-state index in [-0.39, 0.29) is 5.92 Å². The molecule has 1 aromatic rings. The zero-order valence-corrected chi connectivity index (χ0v) is 11.5. The van der Waals surface area contributed by atoms with Gasteiger partial charge in [0.15, 0.2) is 0 Å². The number of carboxylic acids is 1. The van der Waals surface area contributed by atoms with Crippen LogP contribution >= 0.6 is 0 Å². The minimum Gasteiger partial charge on any atom is -0.481 e. The molecule has 1 aromatic heterocycles. The van der Waals surface area contributed by atoms with Crippen molar-refractivity contribution in [3.8, 4) is 0 Å². The molecule has 18 heavy (non-hydrogen) atoms. The fourth-order valence-corrected chi connectivity index (χ4v) is 2.20. The van der Waals surface area contributed by atoms with E-state index in [1.54, 1.807) is 6.92 Å². The fraction of sp³-hybridized carbons (Fsp3) is 0.769. The molecule has 1 aliphatic rings. The molecule has 5 nitrogen and oxygen atoms in total. The van der Waals surface area contributed by atoms with Gasteiger partial charge < -0.3 is 9.67 Å². The first-order chi connectivity index (χ1) is 8.36. The molecular weight excluding hydrogens is 230 g/mol. The molecule has 2 rings (SSSR count). The maximum atomic E-state index is 11.5. The third kappa shape index (κ3) is 2.13. The van der Waals surface area contributed by atoms with E-state index in [2.05, 4.69) is 14.8 Å². The highest BCUT2D eigenvalue weighted by Gasteiger charge is 2.39. The summed E-state index contributed by atoms with van der Waals surface area (Å²) in [5.74, 6) is 0.998. The summed E-state index contributed by atoms with van der Waals surface area (Å²) in [7, 11) is 0. The van der Waals surface area contributed by atoms with Gasteiger partial charge in [0.05, 0.1) is 5.41 Å². The van der Waals surface area contributed by atoms with Crippen LogP contribution in [0.2, 0.25) is 0 Å². The zero-order valence-electron chi connectivity index (χ0n) is 11.5. The second-order valence-corrected chi connectivity index (χ2v) is 5.82. The van der Waals surface area contributed by atoms with Crippen molar-refractivity contribution in [2.45, 2.75) is 53.0 Å². The number of aryl methyl sites for hydroxylation is 1. The molecule has 1 saturated carbocycles. The smallest absolute Gasteiger partial charge is 0.310 e. The molecule has 1 heterocycles. The Labute approximate surface area is 107 Å². The van der Waals surface area contributed by atoms with Crippen LogP contribution in [0.15, 0.2) is 0 Å². The van der Waals surface area contributed by atoms with Gasteiger partial charge in [-0.1, -0.05) is 13.8 Å². The lowest BCUT2D eigenvalue weighted by molar-refractivity contribution is -0.150. The van der Waals surface area contributed by atoms with Crippen LogP contribution < -0.4 is 0 Å². The molecule has 0 aliphatic heterocycles. The average Bonchev–Trinajstić information content (AvgIpc) is 3.04. The number of carboxylic acid groups (broad SMARTS) is 1. The number of rotatable bonds is 5. The van der Waals surface area contributed by atoms with Crippen LogP contribution in [0.25, 0.3) is 0 Å². The Hall–Kier alpha value is -1.39. The first-order valence-corrected chi connectivity index (χ1v) is 6.50. The molecule has 1 N–H and O–H groups in total. The van der Waals surface area contributed by atoms with Gasteiger partial charge in [-0.2, -0.15) is 0 Å². The average molecular weight is 251 g/mol. The summed E-state index contributed by atoms with van der Waals surface area (Å²) in [4.78, 5) is 11.5. The first kappa shape index (κ1) is 13.1. The fourth-order valence-electron chi connectivity index (χ4n) is 2.20. The Bertz CT molecular complexity index is 463. The third-order valence-corrected chi connectivity index (χ3v) is 4.14. The van der Waals surface area contributed by atoms with Crippen molar-refractivity contribution in [1.82, 2.24) is 14.8 Å². The highest BCUT2D eigenvalue weighted by atomic mass is 16.4. The molecular formula is C13H21N3O2. The molecule has 0 spiro atoms. The van der Waals surface area contributed by atoms with E-state index in [0.717, 1.165) is 24.5 Å². The molecule has 1 atom stereocenters. The van der Waals surface area contributed by atoms with Crippen molar-refractivity contribution < 1.29 is 9.90 Å². The van der Waals surface area contributed by atoms with Crippen molar-refractivity contribution in [3.05, 3.63) is 11.6 Å². The van der Waals surface area contributed by atoms with Gasteiger partial charge in [0, 0.05) is 12.5 Å². The lowest BCUT2D eigenvalue weighted by Crippen LogP contribution is -2.36. The van der Waals surface area contributed by atoms with Crippen molar-refractivity contribution in [3.63, 3.8) is 0 Å². The predicted octanol–water partition coefficient (Wildman–Crippen LogP) is 2.21. The minimum atomic E-state index is -0.786. The summed E-state index contributed by atoms with van der Waals surface area (Å²) >= 11 is 0. The molecule has 5 heteroatoms. The zero-order chi connectivity index (χ0) is 13.5. The molecule has 0 amide bonds. The monoisotopic (exact) mass is 251 g/mol. The van der Waals surface area contributed by atoms with Gasteiger partial charge in [0.2, 0.25) is 0 Å². The SMILES string of the molecule is Cc1nnc(CC(C)(C(=O)O)C(C)C)n1C1CC1. The van der Waals surface area contributed by atoms with Crippen molar-refractivity contribution >= 4 is 5.97 Å². The Morgan fingerprint density at radius 1 is 1.50 bits per heavy atom. The van der Waals surface area contributed by atoms with Crippen LogP contribution in [0.1, 0.15) is 51.3 Å². The predicted molar refractivity (Wildman–Crippen MR) is 67.3 cm³/mol. The van der Waals surface area contributed by atoms with Gasteiger partial charge in [0.1, 0.15) is 11.6 Å². The van der Waals surface area contributed by atoms with Gasteiger partial charge in [0.25, 0.3) is 0 Å². The summed E-state index contributed by atoms with van der Waals surface area (Å²) in [5.41, 5.74) is -0.786. The minimum absolute atomic E-state index is 0.0552. The van der Waals surface area contributed by atoms with Crippen LogP contribution in [-0.2, 0) is 11.2 Å². The van der Waals surface area contributed by atoms with Gasteiger partial charge in [-0.05, 0) is 32.6 Å². The van der Waals surface area contributed by atoms with Crippen LogP contribution in [0.4, 0.5) is 0 Å². The van der Waals surface area contributed by atoms with E-state index < -0.39 is 11.4 Å². The van der Waals surface area contributed by atoms with E-state index in [9.17, 15) is 9.90 Å². The maximum absolute atomic E-state index is 11.5. The lowest BCUT2D eigenvalue weighted by atomic mass is 9.76. The normalized spacial score (nSPS) is 18.9. The molecule has 1 fully saturated rings. The molecule has 0 bridgehead atoms. The van der Waals surface area contributed by atoms with Crippen molar-refractivity contribution in [2.75, 3.05) is 0 Å². The number of hydrogen-bond donors (Lipinski definition) is 1. The van der Waals surface area contributed by atoms with E-state index in [0.29, 0.717) is 12.5 Å². The van der Waals surface area contributed by atoms with Gasteiger partial charge in [-0.15, -0.1) is 10.2 Å². The highest BCUT2D eigenvalue weighted by Crippen LogP contribution is 2.39. The molecule has 100 valence electrons. The Balaban J connectivity index is 2.30. The van der Waals surface area contributed by atoms with Crippen LogP contribution in [0.5, 0.6) is 0 Å². The maximum Gasteiger partial charge on any atom is 0.310 e. The summed E-state index contributed by atoms with van der Waals surface area (Å²) in [5, 5.41) is 17.7. The van der Waals surface area contributed by atoms with Crippen LogP contribution in [-0.4, -0.2) is 25.8 Å². The molecule has 1 unspecified atom stereocenters. The first-order valence-electron chi connectivity index (χ1n) is 6.50. The largest absolute Gasteiger partial charge is 0.481 e. The lowest BCUT2D eigenvalue weighted by Gasteiger charge is -2.28. The molecule has 0 saturated heterocycles. The Kier molecular flexibility index (Phi) is 3.17. The Morgan fingerprint density at radius 2 is 2.11 bits per heavy atom. The van der Waals surface area contributed by atoms with E-state index in [4.69, 9.17) is 0 Å². The third-order valence-electron chi connectivity index (χ3n) is 4.14. The summed E-state index contributed by atoms with van der Waals surface area (Å²) < 4.78 is 2.11. The number of nitrogens with zero attached hydrogens (tertiary/aromatic N) is 3. The van der Waals surface area contributed by atoms with E-state index in [1.807, 2.05) is 20.8 Å². The number of aromatic nitrogens is 3. The number of carbonyl (C=O) groups is 1. The van der Waals surface area contributed by atoms with E-state index >= 15 is 0 Å². The summed E-state index contributed by atoms with van der Waals surface area (Å²) in [6.45, 7) is 7.61. The highest BCUT2D eigenvalue weighted by molar-refractivity contribution is 5.74. The molecule has 1 aliphatic carbocycles. The molecule has 0 aromatic carbocycles. The topological polar surface area (TPSA) is 68.0 Å². The second kappa shape index (κ2) is 4.37. The van der Waals surface area contributed by atoms with Gasteiger partial charge in [-0.3, -0.25) is 4.79 Å². The Morgan fingerprint density at radius 3 is 2.56 bits per heavy atom. The summed E-state index contributed by atoms with van der Waals surface area (Å²) in [6, 6.07) is 0.486.